The molecule has 0 spiro atoms. The maximum Gasteiger partial charge on any atom is 0.134 e. The predicted octanol–water partition coefficient (Wildman–Crippen LogP) is 6.03. The van der Waals surface area contributed by atoms with Crippen LogP contribution in [0.5, 0.6) is 0 Å². The van der Waals surface area contributed by atoms with Crippen molar-refractivity contribution < 1.29 is 4.39 Å². The zero-order valence-electron chi connectivity index (χ0n) is 10.1. The maximum atomic E-state index is 13.9. The molecule has 0 saturated heterocycles. The lowest BCUT2D eigenvalue weighted by atomic mass is 10.2. The summed E-state index contributed by atoms with van der Waals surface area (Å²) in [7, 11) is 0. The van der Waals surface area contributed by atoms with Crippen LogP contribution in [0, 0.1) is 5.82 Å². The van der Waals surface area contributed by atoms with E-state index in [1.54, 1.807) is 12.1 Å². The Hall–Kier alpha value is -1.23. The summed E-state index contributed by atoms with van der Waals surface area (Å²) >= 11 is 10.6. The summed E-state index contributed by atoms with van der Waals surface area (Å²) in [5.41, 5.74) is 2.30. The van der Waals surface area contributed by atoms with Gasteiger partial charge in [-0.25, -0.2) is 9.37 Å². The first-order valence-corrected chi connectivity index (χ1v) is 7.85. The van der Waals surface area contributed by atoms with E-state index >= 15 is 0 Å². The lowest BCUT2D eigenvalue weighted by Crippen LogP contribution is -1.84. The fourth-order valence-corrected chi connectivity index (χ4v) is 3.25. The van der Waals surface area contributed by atoms with Crippen LogP contribution in [-0.4, -0.2) is 4.98 Å². The van der Waals surface area contributed by atoms with Gasteiger partial charge in [0.2, 0.25) is 0 Å². The minimum atomic E-state index is -0.354. The highest BCUT2D eigenvalue weighted by atomic mass is 79.9. The first kappa shape index (κ1) is 13.7. The van der Waals surface area contributed by atoms with Crippen molar-refractivity contribution in [2.24, 2.45) is 0 Å². The van der Waals surface area contributed by atoms with Crippen LogP contribution in [0.3, 0.4) is 0 Å². The van der Waals surface area contributed by atoms with Gasteiger partial charge in [-0.05, 0) is 30.3 Å². The summed E-state index contributed by atoms with van der Waals surface area (Å²) in [5, 5.41) is 2.95. The molecule has 5 heteroatoms. The second-order valence-electron chi connectivity index (χ2n) is 4.17. The van der Waals surface area contributed by atoms with Crippen LogP contribution in [0.1, 0.15) is 0 Å². The Bertz CT molecular complexity index is 772. The largest absolute Gasteiger partial charge is 0.236 e. The Kier molecular flexibility index (Phi) is 3.87. The fourth-order valence-electron chi connectivity index (χ4n) is 1.84. The highest BCUT2D eigenvalue weighted by molar-refractivity contribution is 9.10. The summed E-state index contributed by atoms with van der Waals surface area (Å²) in [5.74, 6) is -0.354. The van der Waals surface area contributed by atoms with Crippen LogP contribution in [-0.2, 0) is 0 Å². The minimum absolute atomic E-state index is 0.354. The van der Waals surface area contributed by atoms with E-state index in [0.717, 1.165) is 15.7 Å². The van der Waals surface area contributed by atoms with Gasteiger partial charge >= 0.3 is 0 Å². The van der Waals surface area contributed by atoms with Gasteiger partial charge in [-0.3, -0.25) is 0 Å². The van der Waals surface area contributed by atoms with Crippen molar-refractivity contribution in [2.75, 3.05) is 0 Å². The topological polar surface area (TPSA) is 12.9 Å². The average Bonchev–Trinajstić information content (AvgIpc) is 2.88. The van der Waals surface area contributed by atoms with Crippen molar-refractivity contribution in [3.05, 3.63) is 63.2 Å². The highest BCUT2D eigenvalue weighted by Crippen LogP contribution is 2.32. The van der Waals surface area contributed by atoms with Gasteiger partial charge in [0, 0.05) is 26.0 Å². The van der Waals surface area contributed by atoms with Crippen molar-refractivity contribution in [1.29, 1.82) is 0 Å². The summed E-state index contributed by atoms with van der Waals surface area (Å²) in [4.78, 5) is 4.50. The maximum absolute atomic E-state index is 13.9. The molecule has 100 valence electrons. The number of hydrogen-bond donors (Lipinski definition) is 0. The molecule has 0 saturated carbocycles. The molecule has 1 aromatic heterocycles. The van der Waals surface area contributed by atoms with Crippen LogP contribution in [0.25, 0.3) is 21.8 Å². The van der Waals surface area contributed by atoms with Crippen LogP contribution >= 0.6 is 38.9 Å². The molecule has 0 aliphatic rings. The van der Waals surface area contributed by atoms with Crippen molar-refractivity contribution in [2.45, 2.75) is 0 Å². The van der Waals surface area contributed by atoms with Crippen LogP contribution in [0.2, 0.25) is 5.02 Å². The van der Waals surface area contributed by atoms with E-state index in [4.69, 9.17) is 11.6 Å². The molecular formula is C15H8BrClFNS. The molecule has 0 aliphatic heterocycles. The van der Waals surface area contributed by atoms with Gasteiger partial charge in [0.05, 0.1) is 5.69 Å². The molecule has 2 aromatic carbocycles. The molecule has 3 rings (SSSR count). The number of aromatic nitrogens is 1. The van der Waals surface area contributed by atoms with Crippen LogP contribution in [0.4, 0.5) is 4.39 Å². The van der Waals surface area contributed by atoms with E-state index in [1.807, 2.05) is 29.6 Å². The third kappa shape index (κ3) is 2.77. The van der Waals surface area contributed by atoms with Gasteiger partial charge in [-0.2, -0.15) is 0 Å². The van der Waals surface area contributed by atoms with E-state index in [0.29, 0.717) is 15.6 Å². The molecule has 0 radical (unpaired) electrons. The van der Waals surface area contributed by atoms with Crippen molar-refractivity contribution in [1.82, 2.24) is 4.98 Å². The molecular weight excluding hydrogens is 361 g/mol. The fraction of sp³-hybridized carbons (Fsp3) is 0. The number of rotatable bonds is 2. The molecule has 20 heavy (non-hydrogen) atoms. The lowest BCUT2D eigenvalue weighted by molar-refractivity contribution is 0.631. The molecule has 0 fully saturated rings. The van der Waals surface area contributed by atoms with Gasteiger partial charge < -0.3 is 0 Å². The Morgan fingerprint density at radius 1 is 1.15 bits per heavy atom. The smallest absolute Gasteiger partial charge is 0.134 e. The molecule has 0 atom stereocenters. The summed E-state index contributed by atoms with van der Waals surface area (Å²) in [6.45, 7) is 0. The summed E-state index contributed by atoms with van der Waals surface area (Å²) < 4.78 is 14.9. The number of benzene rings is 2. The van der Waals surface area contributed by atoms with Crippen molar-refractivity contribution in [3.63, 3.8) is 0 Å². The highest BCUT2D eigenvalue weighted by Gasteiger charge is 2.11. The molecule has 0 amide bonds. The Morgan fingerprint density at radius 2 is 2.00 bits per heavy atom. The molecule has 1 nitrogen and oxygen atoms in total. The number of hydrogen-bond acceptors (Lipinski definition) is 2. The number of halogens is 3. The van der Waals surface area contributed by atoms with E-state index in [1.165, 1.54) is 17.4 Å². The summed E-state index contributed by atoms with van der Waals surface area (Å²) in [6.07, 6.45) is 0. The van der Waals surface area contributed by atoms with Gasteiger partial charge in [0.1, 0.15) is 10.8 Å². The van der Waals surface area contributed by atoms with Gasteiger partial charge in [0.25, 0.3) is 0 Å². The molecule has 1 heterocycles. The average molecular weight is 369 g/mol. The molecule has 0 unspecified atom stereocenters. The zero-order chi connectivity index (χ0) is 14.1. The van der Waals surface area contributed by atoms with Crippen LogP contribution in [0.15, 0.2) is 52.3 Å². The number of thiazole rings is 1. The van der Waals surface area contributed by atoms with Crippen LogP contribution < -0.4 is 0 Å². The Morgan fingerprint density at radius 3 is 2.75 bits per heavy atom. The molecule has 0 aliphatic carbocycles. The Labute approximate surface area is 133 Å². The molecule has 0 N–H and O–H groups in total. The zero-order valence-corrected chi connectivity index (χ0v) is 13.3. The van der Waals surface area contributed by atoms with E-state index in [2.05, 4.69) is 20.9 Å². The normalized spacial score (nSPS) is 10.8. The lowest BCUT2D eigenvalue weighted by Gasteiger charge is -2.00. The second-order valence-corrected chi connectivity index (χ2v) is 6.38. The van der Waals surface area contributed by atoms with Gasteiger partial charge in [-0.15, -0.1) is 11.3 Å². The van der Waals surface area contributed by atoms with Gasteiger partial charge in [-0.1, -0.05) is 39.7 Å². The first-order valence-electron chi connectivity index (χ1n) is 5.80. The third-order valence-corrected chi connectivity index (χ3v) is 4.39. The van der Waals surface area contributed by atoms with E-state index in [-0.39, 0.29) is 5.82 Å². The predicted molar refractivity (Wildman–Crippen MR) is 85.7 cm³/mol. The first-order chi connectivity index (χ1) is 9.63. The Balaban J connectivity index is 2.02. The SMILES string of the molecule is Fc1cc(Cl)ccc1-c1nc(-c2cccc(Br)c2)cs1. The number of nitrogens with zero attached hydrogens (tertiary/aromatic N) is 1. The molecule has 0 bridgehead atoms. The van der Waals surface area contributed by atoms with Crippen molar-refractivity contribution in [3.8, 4) is 21.8 Å². The third-order valence-electron chi connectivity index (χ3n) is 2.79. The van der Waals surface area contributed by atoms with E-state index < -0.39 is 0 Å². The standard InChI is InChI=1S/C15H8BrClFNS/c16-10-3-1-2-9(6-10)14-8-20-15(19-14)12-5-4-11(17)7-13(12)18/h1-8H. The van der Waals surface area contributed by atoms with Crippen molar-refractivity contribution >= 4 is 38.9 Å². The van der Waals surface area contributed by atoms with E-state index in [9.17, 15) is 4.39 Å². The summed E-state index contributed by atoms with van der Waals surface area (Å²) in [6, 6.07) is 12.5. The monoisotopic (exact) mass is 367 g/mol. The van der Waals surface area contributed by atoms with Gasteiger partial charge in [0.15, 0.2) is 0 Å². The quantitative estimate of drug-likeness (QED) is 0.538. The second kappa shape index (κ2) is 5.64. The molecule has 3 aromatic rings. The minimum Gasteiger partial charge on any atom is -0.236 e.